The van der Waals surface area contributed by atoms with E-state index in [1.165, 1.54) is 32.0 Å². The van der Waals surface area contributed by atoms with Gasteiger partial charge < -0.3 is 5.11 Å². The molecule has 94 valence electrons. The molecule has 1 aromatic rings. The summed E-state index contributed by atoms with van der Waals surface area (Å²) in [5.41, 5.74) is -0.806. The van der Waals surface area contributed by atoms with Crippen molar-refractivity contribution < 1.29 is 23.1 Å². The second-order valence-electron chi connectivity index (χ2n) is 3.91. The number of halogens is 3. The third-order valence-electron chi connectivity index (χ3n) is 2.07. The Morgan fingerprint density at radius 3 is 2.24 bits per heavy atom. The van der Waals surface area contributed by atoms with Gasteiger partial charge in [-0.05, 0) is 26.0 Å². The van der Waals surface area contributed by atoms with Crippen LogP contribution in [0.4, 0.5) is 13.2 Å². The fourth-order valence-electron chi connectivity index (χ4n) is 1.11. The van der Waals surface area contributed by atoms with E-state index in [1.807, 2.05) is 0 Å². The maximum atomic E-state index is 12.7. The second-order valence-corrected chi connectivity index (χ2v) is 5.58. The summed E-state index contributed by atoms with van der Waals surface area (Å²) < 4.78 is 36.7. The molecule has 0 aliphatic rings. The number of carbonyl (C=O) groups is 1. The molecule has 1 aromatic carbocycles. The molecule has 0 saturated carbocycles. The van der Waals surface area contributed by atoms with Gasteiger partial charge in [0.2, 0.25) is 0 Å². The Hall–Kier alpha value is -1.17. The average Bonchev–Trinajstić information content (AvgIpc) is 2.15. The van der Waals surface area contributed by atoms with Crippen LogP contribution in [0.2, 0.25) is 0 Å². The van der Waals surface area contributed by atoms with Crippen molar-refractivity contribution in [1.29, 1.82) is 0 Å². The fourth-order valence-corrected chi connectivity index (χ4v) is 2.19. The van der Waals surface area contributed by atoms with Crippen molar-refractivity contribution in [3.8, 4) is 0 Å². The van der Waals surface area contributed by atoms with Gasteiger partial charge in [0, 0.05) is 4.90 Å². The highest BCUT2D eigenvalue weighted by Gasteiger charge is 2.36. The summed E-state index contributed by atoms with van der Waals surface area (Å²) in [5, 5.41) is 8.89. The average molecular weight is 264 g/mol. The van der Waals surface area contributed by atoms with E-state index in [0.29, 0.717) is 11.8 Å². The molecule has 1 rings (SSSR count). The summed E-state index contributed by atoms with van der Waals surface area (Å²) in [6, 6.07) is 4.95. The molecule has 0 bridgehead atoms. The smallest absolute Gasteiger partial charge is 0.417 e. The van der Waals surface area contributed by atoms with E-state index in [2.05, 4.69) is 0 Å². The predicted octanol–water partition coefficient (Wildman–Crippen LogP) is 3.66. The number of alkyl halides is 3. The Bertz CT molecular complexity index is 427. The van der Waals surface area contributed by atoms with Gasteiger partial charge in [0.15, 0.2) is 0 Å². The number of benzene rings is 1. The van der Waals surface area contributed by atoms with Crippen molar-refractivity contribution in [2.24, 2.45) is 0 Å². The third kappa shape index (κ3) is 3.39. The van der Waals surface area contributed by atoms with Crippen molar-refractivity contribution in [2.75, 3.05) is 0 Å². The molecule has 0 aliphatic heterocycles. The molecule has 2 nitrogen and oxygen atoms in total. The van der Waals surface area contributed by atoms with Crippen molar-refractivity contribution in [1.82, 2.24) is 0 Å². The van der Waals surface area contributed by atoms with Crippen molar-refractivity contribution in [2.45, 2.75) is 29.7 Å². The SMILES string of the molecule is CC(C)(Sc1ccccc1C(F)(F)F)C(=O)O. The number of aliphatic carboxylic acids is 1. The first-order chi connectivity index (χ1) is 7.64. The molecule has 0 atom stereocenters. The van der Waals surface area contributed by atoms with Gasteiger partial charge in [0.1, 0.15) is 4.75 Å². The van der Waals surface area contributed by atoms with Crippen LogP contribution in [-0.4, -0.2) is 15.8 Å². The lowest BCUT2D eigenvalue weighted by Crippen LogP contribution is -2.27. The maximum Gasteiger partial charge on any atom is 0.417 e. The van der Waals surface area contributed by atoms with Gasteiger partial charge in [-0.15, -0.1) is 11.8 Å². The molecule has 0 spiro atoms. The zero-order valence-electron chi connectivity index (χ0n) is 9.21. The van der Waals surface area contributed by atoms with Gasteiger partial charge in [0.25, 0.3) is 0 Å². The van der Waals surface area contributed by atoms with E-state index in [1.54, 1.807) is 0 Å². The van der Waals surface area contributed by atoms with Crippen LogP contribution in [0.25, 0.3) is 0 Å². The Morgan fingerprint density at radius 2 is 1.76 bits per heavy atom. The van der Waals surface area contributed by atoms with Crippen LogP contribution < -0.4 is 0 Å². The fraction of sp³-hybridized carbons (Fsp3) is 0.364. The van der Waals surface area contributed by atoms with Crippen LogP contribution in [0.15, 0.2) is 29.2 Å². The van der Waals surface area contributed by atoms with Crippen LogP contribution in [0.3, 0.4) is 0 Å². The van der Waals surface area contributed by atoms with Crippen molar-refractivity contribution >= 4 is 17.7 Å². The maximum absolute atomic E-state index is 12.7. The van der Waals surface area contributed by atoms with E-state index < -0.39 is 22.5 Å². The largest absolute Gasteiger partial charge is 0.480 e. The summed E-state index contributed by atoms with van der Waals surface area (Å²) in [4.78, 5) is 10.8. The third-order valence-corrected chi connectivity index (χ3v) is 3.33. The van der Waals surface area contributed by atoms with E-state index in [0.717, 1.165) is 6.07 Å². The highest BCUT2D eigenvalue weighted by atomic mass is 32.2. The van der Waals surface area contributed by atoms with Gasteiger partial charge >= 0.3 is 12.1 Å². The van der Waals surface area contributed by atoms with E-state index in [9.17, 15) is 18.0 Å². The normalized spacial score (nSPS) is 12.5. The minimum absolute atomic E-state index is 0.0765. The Balaban J connectivity index is 3.12. The zero-order chi connectivity index (χ0) is 13.3. The molecule has 0 amide bonds. The monoisotopic (exact) mass is 264 g/mol. The molecule has 6 heteroatoms. The molecule has 0 aliphatic carbocycles. The predicted molar refractivity (Wildman–Crippen MR) is 59.0 cm³/mol. The lowest BCUT2D eigenvalue weighted by molar-refractivity contribution is -0.141. The molecule has 1 N–H and O–H groups in total. The first-order valence-electron chi connectivity index (χ1n) is 4.73. The second kappa shape index (κ2) is 4.60. The molecule has 0 aromatic heterocycles. The number of thioether (sulfide) groups is 1. The van der Waals surface area contributed by atoms with Crippen LogP contribution in [0, 0.1) is 0 Å². The lowest BCUT2D eigenvalue weighted by Gasteiger charge is -2.21. The summed E-state index contributed by atoms with van der Waals surface area (Å²) in [6.07, 6.45) is -4.47. The minimum atomic E-state index is -4.47. The van der Waals surface area contributed by atoms with E-state index in [4.69, 9.17) is 5.11 Å². The number of carboxylic acid groups (broad SMARTS) is 1. The van der Waals surface area contributed by atoms with Gasteiger partial charge in [0.05, 0.1) is 5.56 Å². The number of hydrogen-bond donors (Lipinski definition) is 1. The standard InChI is InChI=1S/C11H11F3O2S/c1-10(2,9(15)16)17-8-6-4-3-5-7(8)11(12,13)14/h3-6H,1-2H3,(H,15,16). The lowest BCUT2D eigenvalue weighted by atomic mass is 10.2. The Morgan fingerprint density at radius 1 is 1.24 bits per heavy atom. The Labute approximate surface area is 101 Å². The first kappa shape index (κ1) is 13.9. The topological polar surface area (TPSA) is 37.3 Å². The molecule has 0 saturated heterocycles. The quantitative estimate of drug-likeness (QED) is 0.846. The summed E-state index contributed by atoms with van der Waals surface area (Å²) in [6.45, 7) is 2.74. The molecule has 0 fully saturated rings. The van der Waals surface area contributed by atoms with Gasteiger partial charge in [-0.25, -0.2) is 0 Å². The summed E-state index contributed by atoms with van der Waals surface area (Å²) in [5.74, 6) is -1.15. The number of carboxylic acids is 1. The molecular weight excluding hydrogens is 253 g/mol. The summed E-state index contributed by atoms with van der Waals surface area (Å²) in [7, 11) is 0. The van der Waals surface area contributed by atoms with Gasteiger partial charge in [-0.3, -0.25) is 4.79 Å². The summed E-state index contributed by atoms with van der Waals surface area (Å²) >= 11 is 0.688. The van der Waals surface area contributed by atoms with Crippen LogP contribution in [0.5, 0.6) is 0 Å². The van der Waals surface area contributed by atoms with Crippen molar-refractivity contribution in [3.05, 3.63) is 29.8 Å². The molecule has 0 unspecified atom stereocenters. The number of hydrogen-bond acceptors (Lipinski definition) is 2. The zero-order valence-corrected chi connectivity index (χ0v) is 10.0. The van der Waals surface area contributed by atoms with Gasteiger partial charge in [-0.1, -0.05) is 12.1 Å². The first-order valence-corrected chi connectivity index (χ1v) is 5.55. The molecule has 0 heterocycles. The molecule has 0 radical (unpaired) electrons. The van der Waals surface area contributed by atoms with E-state index >= 15 is 0 Å². The molecule has 17 heavy (non-hydrogen) atoms. The number of rotatable bonds is 3. The minimum Gasteiger partial charge on any atom is -0.480 e. The van der Waals surface area contributed by atoms with E-state index in [-0.39, 0.29) is 4.90 Å². The Kier molecular flexibility index (Phi) is 3.76. The highest BCUT2D eigenvalue weighted by molar-refractivity contribution is 8.01. The van der Waals surface area contributed by atoms with Crippen LogP contribution >= 0.6 is 11.8 Å². The van der Waals surface area contributed by atoms with Crippen LogP contribution in [0.1, 0.15) is 19.4 Å². The molecular formula is C11H11F3O2S. The van der Waals surface area contributed by atoms with Crippen molar-refractivity contribution in [3.63, 3.8) is 0 Å². The van der Waals surface area contributed by atoms with Gasteiger partial charge in [-0.2, -0.15) is 13.2 Å². The van der Waals surface area contributed by atoms with Crippen LogP contribution in [-0.2, 0) is 11.0 Å². The highest BCUT2D eigenvalue weighted by Crippen LogP contribution is 2.41.